The van der Waals surface area contributed by atoms with Gasteiger partial charge in [0, 0.05) is 0 Å². The standard InChI is InChI=1S/C19H24F3NO4/c1-10(2)13-5-4-6-14(11(3)12-7-8-12)16(13)26-9-15(23)17(24)27-18(25)19(20,21)22/h4-6,10-12,15H,7-9,23H2,1-3H3/t11-,15?/m1/s1. The van der Waals surface area contributed by atoms with Crippen molar-refractivity contribution in [2.75, 3.05) is 6.61 Å². The Kier molecular flexibility index (Phi) is 6.51. The van der Waals surface area contributed by atoms with Crippen LogP contribution in [0.5, 0.6) is 5.75 Å². The van der Waals surface area contributed by atoms with Gasteiger partial charge in [0.2, 0.25) is 0 Å². The first-order valence-electron chi connectivity index (χ1n) is 8.86. The lowest BCUT2D eigenvalue weighted by molar-refractivity contribution is -0.202. The summed E-state index contributed by atoms with van der Waals surface area (Å²) < 4.78 is 46.1. The molecule has 0 bridgehead atoms. The van der Waals surface area contributed by atoms with Crippen LogP contribution in [0, 0.1) is 5.92 Å². The Morgan fingerprint density at radius 2 is 1.78 bits per heavy atom. The van der Waals surface area contributed by atoms with Crippen LogP contribution < -0.4 is 10.5 Å². The molecule has 1 fully saturated rings. The first-order chi connectivity index (χ1) is 12.5. The van der Waals surface area contributed by atoms with Gasteiger partial charge in [-0.2, -0.15) is 13.2 Å². The zero-order valence-corrected chi connectivity index (χ0v) is 15.5. The fourth-order valence-electron chi connectivity index (χ4n) is 2.87. The molecule has 1 unspecified atom stereocenters. The van der Waals surface area contributed by atoms with Gasteiger partial charge in [-0.3, -0.25) is 0 Å². The van der Waals surface area contributed by atoms with Crippen LogP contribution in [-0.4, -0.2) is 30.8 Å². The van der Waals surface area contributed by atoms with Crippen LogP contribution in [0.25, 0.3) is 0 Å². The number of para-hydroxylation sites is 1. The highest BCUT2D eigenvalue weighted by Crippen LogP contribution is 2.46. The van der Waals surface area contributed by atoms with E-state index in [0.717, 1.165) is 24.0 Å². The number of carbonyl (C=O) groups is 2. The van der Waals surface area contributed by atoms with Crippen LogP contribution >= 0.6 is 0 Å². The summed E-state index contributed by atoms with van der Waals surface area (Å²) in [7, 11) is 0. The molecule has 27 heavy (non-hydrogen) atoms. The van der Waals surface area contributed by atoms with E-state index >= 15 is 0 Å². The van der Waals surface area contributed by atoms with Gasteiger partial charge in [-0.15, -0.1) is 0 Å². The number of alkyl halides is 3. The first kappa shape index (κ1) is 21.2. The summed E-state index contributed by atoms with van der Waals surface area (Å²) in [6, 6.07) is 4.27. The molecule has 0 aliphatic heterocycles. The number of nitrogens with two attached hydrogens (primary N) is 1. The fourth-order valence-corrected chi connectivity index (χ4v) is 2.87. The molecule has 150 valence electrons. The van der Waals surface area contributed by atoms with Gasteiger partial charge < -0.3 is 15.2 Å². The number of carbonyl (C=O) groups excluding carboxylic acids is 2. The molecule has 0 radical (unpaired) electrons. The fraction of sp³-hybridized carbons (Fsp3) is 0.579. The predicted molar refractivity (Wildman–Crippen MR) is 92.3 cm³/mol. The number of hydrogen-bond acceptors (Lipinski definition) is 5. The maximum absolute atomic E-state index is 12.2. The van der Waals surface area contributed by atoms with Crippen LogP contribution in [0.1, 0.15) is 56.6 Å². The molecule has 2 rings (SSSR count). The Morgan fingerprint density at radius 1 is 1.19 bits per heavy atom. The van der Waals surface area contributed by atoms with E-state index in [4.69, 9.17) is 10.5 Å². The van der Waals surface area contributed by atoms with Crippen molar-refractivity contribution < 1.29 is 32.2 Å². The van der Waals surface area contributed by atoms with Crippen molar-refractivity contribution in [1.29, 1.82) is 0 Å². The van der Waals surface area contributed by atoms with Crippen molar-refractivity contribution in [3.05, 3.63) is 29.3 Å². The Bertz CT molecular complexity index is 699. The van der Waals surface area contributed by atoms with Crippen LogP contribution in [0.2, 0.25) is 0 Å². The molecule has 2 N–H and O–H groups in total. The molecule has 1 aliphatic rings. The van der Waals surface area contributed by atoms with Crippen molar-refractivity contribution in [3.63, 3.8) is 0 Å². The average Bonchev–Trinajstić information content (AvgIpc) is 3.42. The quantitative estimate of drug-likeness (QED) is 0.571. The molecular weight excluding hydrogens is 363 g/mol. The van der Waals surface area contributed by atoms with Crippen LogP contribution in [0.4, 0.5) is 13.2 Å². The second kappa shape index (κ2) is 8.29. The molecule has 0 amide bonds. The molecule has 0 saturated heterocycles. The third kappa shape index (κ3) is 5.45. The Morgan fingerprint density at radius 3 is 2.30 bits per heavy atom. The molecule has 0 heterocycles. The highest BCUT2D eigenvalue weighted by Gasteiger charge is 2.43. The predicted octanol–water partition coefficient (Wildman–Crippen LogP) is 3.66. The lowest BCUT2D eigenvalue weighted by atomic mass is 9.90. The smallest absolute Gasteiger partial charge is 0.491 e. The first-order valence-corrected chi connectivity index (χ1v) is 8.86. The summed E-state index contributed by atoms with van der Waals surface area (Å²) in [5.41, 5.74) is 7.47. The Balaban J connectivity index is 2.11. The van der Waals surface area contributed by atoms with Gasteiger partial charge in [0.25, 0.3) is 0 Å². The van der Waals surface area contributed by atoms with Gasteiger partial charge in [-0.25, -0.2) is 9.59 Å². The van der Waals surface area contributed by atoms with Crippen molar-refractivity contribution in [2.45, 2.75) is 57.7 Å². The molecule has 0 aromatic heterocycles. The molecule has 5 nitrogen and oxygen atoms in total. The minimum Gasteiger partial charge on any atom is -0.491 e. The van der Waals surface area contributed by atoms with Crippen molar-refractivity contribution in [1.82, 2.24) is 0 Å². The molecule has 1 aliphatic carbocycles. The van der Waals surface area contributed by atoms with E-state index < -0.39 is 30.8 Å². The van der Waals surface area contributed by atoms with Gasteiger partial charge in [-0.05, 0) is 41.7 Å². The van der Waals surface area contributed by atoms with Gasteiger partial charge in [-0.1, -0.05) is 39.0 Å². The van der Waals surface area contributed by atoms with E-state index in [2.05, 4.69) is 11.7 Å². The second-order valence-corrected chi connectivity index (χ2v) is 7.17. The number of ether oxygens (including phenoxy) is 2. The maximum Gasteiger partial charge on any atom is 0.491 e. The Hall–Kier alpha value is -2.09. The number of rotatable bonds is 7. The van der Waals surface area contributed by atoms with E-state index in [9.17, 15) is 22.8 Å². The van der Waals surface area contributed by atoms with Crippen molar-refractivity contribution in [2.24, 2.45) is 11.7 Å². The number of benzene rings is 1. The highest BCUT2D eigenvalue weighted by molar-refractivity contribution is 5.90. The monoisotopic (exact) mass is 387 g/mol. The zero-order chi connectivity index (χ0) is 20.4. The lowest BCUT2D eigenvalue weighted by Crippen LogP contribution is -2.41. The van der Waals surface area contributed by atoms with E-state index in [0.29, 0.717) is 11.7 Å². The lowest BCUT2D eigenvalue weighted by Gasteiger charge is -2.22. The van der Waals surface area contributed by atoms with E-state index in [-0.39, 0.29) is 11.8 Å². The van der Waals surface area contributed by atoms with Crippen LogP contribution in [-0.2, 0) is 14.3 Å². The minimum atomic E-state index is -5.26. The van der Waals surface area contributed by atoms with E-state index in [1.165, 1.54) is 0 Å². The average molecular weight is 387 g/mol. The van der Waals surface area contributed by atoms with E-state index in [1.807, 2.05) is 32.0 Å². The van der Waals surface area contributed by atoms with Crippen LogP contribution in [0.3, 0.4) is 0 Å². The summed E-state index contributed by atoms with van der Waals surface area (Å²) in [5, 5.41) is 0. The van der Waals surface area contributed by atoms with Gasteiger partial charge >= 0.3 is 18.1 Å². The number of hydrogen-bond donors (Lipinski definition) is 1. The minimum absolute atomic E-state index is 0.140. The molecular formula is C19H24F3NO4. The van der Waals surface area contributed by atoms with E-state index in [1.54, 1.807) is 0 Å². The zero-order valence-electron chi connectivity index (χ0n) is 15.5. The third-order valence-corrected chi connectivity index (χ3v) is 4.65. The SMILES string of the molecule is CC(C)c1cccc([C@H](C)C2CC2)c1OCC(N)C(=O)OC(=O)C(F)(F)F. The topological polar surface area (TPSA) is 78.6 Å². The van der Waals surface area contributed by atoms with Gasteiger partial charge in [0.15, 0.2) is 0 Å². The summed E-state index contributed by atoms with van der Waals surface area (Å²) in [5.74, 6) is -2.50. The summed E-state index contributed by atoms with van der Waals surface area (Å²) in [6.45, 7) is 5.69. The van der Waals surface area contributed by atoms with Gasteiger partial charge in [0.1, 0.15) is 18.4 Å². The highest BCUT2D eigenvalue weighted by atomic mass is 19.4. The number of halogens is 3. The number of esters is 2. The molecule has 2 atom stereocenters. The summed E-state index contributed by atoms with van der Waals surface area (Å²) in [4.78, 5) is 22.4. The molecule has 0 spiro atoms. The molecule has 1 saturated carbocycles. The van der Waals surface area contributed by atoms with Crippen molar-refractivity contribution >= 4 is 11.9 Å². The third-order valence-electron chi connectivity index (χ3n) is 4.65. The normalized spacial score (nSPS) is 16.7. The molecule has 1 aromatic rings. The molecule has 8 heteroatoms. The second-order valence-electron chi connectivity index (χ2n) is 7.17. The summed E-state index contributed by atoms with van der Waals surface area (Å²) in [6.07, 6.45) is -2.98. The van der Waals surface area contributed by atoms with Crippen molar-refractivity contribution in [3.8, 4) is 5.75 Å². The largest absolute Gasteiger partial charge is 0.491 e. The van der Waals surface area contributed by atoms with Gasteiger partial charge in [0.05, 0.1) is 0 Å². The van der Waals surface area contributed by atoms with Crippen LogP contribution in [0.15, 0.2) is 18.2 Å². The summed E-state index contributed by atoms with van der Waals surface area (Å²) >= 11 is 0. The maximum atomic E-state index is 12.2. The Labute approximate surface area is 156 Å². The molecule has 1 aromatic carbocycles.